The maximum Gasteiger partial charge on any atom is 0.147 e. The molecule has 10 rings (SSSR count). The zero-order valence-corrected chi connectivity index (χ0v) is 61.6. The van der Waals surface area contributed by atoms with Gasteiger partial charge in [-0.2, -0.15) is 0 Å². The van der Waals surface area contributed by atoms with E-state index in [0.717, 1.165) is 90.8 Å². The Balaban J connectivity index is 1.06. The number of fused-ring (bicyclic) bond motifs is 6. The van der Waals surface area contributed by atoms with E-state index >= 15 is 0 Å². The number of aromatic hydroxyl groups is 2. The molecule has 0 saturated carbocycles. The van der Waals surface area contributed by atoms with Crippen molar-refractivity contribution in [1.29, 1.82) is 0 Å². The van der Waals surface area contributed by atoms with Crippen LogP contribution in [0.3, 0.4) is 0 Å². The second-order valence-corrected chi connectivity index (χ2v) is 35.7. The van der Waals surface area contributed by atoms with Gasteiger partial charge >= 0.3 is 0 Å². The summed E-state index contributed by atoms with van der Waals surface area (Å²) >= 11 is 0. The number of benzene rings is 8. The van der Waals surface area contributed by atoms with E-state index in [4.69, 9.17) is 9.47 Å². The van der Waals surface area contributed by atoms with E-state index in [2.05, 4.69) is 323 Å². The lowest BCUT2D eigenvalue weighted by Gasteiger charge is -2.34. The molecule has 0 aliphatic rings. The van der Waals surface area contributed by atoms with Gasteiger partial charge in [0.1, 0.15) is 23.0 Å². The van der Waals surface area contributed by atoms with Gasteiger partial charge in [-0.1, -0.05) is 200 Å². The molecule has 0 unspecified atom stereocenters. The summed E-state index contributed by atoms with van der Waals surface area (Å²) < 4.78 is 18.9. The SMILES string of the molecule is Cc1ccc(O[C@H](C)C[C@H](C)Oc2ccc(C)cc2-c2cc(C(C)(C)CC(C)(C)C)cc(-n3c4ccc(C(C)(C)C)cc4c4cc(C(C)(C)C)ccc43)c2O)c(-c2cc(C(C)(C)CC(C)(C)C)cc(-n3c4ccc(C(C)(C)C)cc4c4cc(C(C)(C)C)ccc43)c2O)c1. The lowest BCUT2D eigenvalue weighted by Crippen LogP contribution is -2.25. The minimum absolute atomic E-state index is 0.0320. The van der Waals surface area contributed by atoms with Crippen LogP contribution < -0.4 is 9.47 Å². The minimum Gasteiger partial charge on any atom is -0.505 e. The first-order valence-corrected chi connectivity index (χ1v) is 34.3. The molecule has 2 heterocycles. The number of rotatable bonds is 14. The van der Waals surface area contributed by atoms with E-state index in [1.165, 1.54) is 43.8 Å². The highest BCUT2D eigenvalue weighted by Crippen LogP contribution is 2.51. The maximum atomic E-state index is 13.3. The summed E-state index contributed by atoms with van der Waals surface area (Å²) in [6.45, 7) is 59.0. The third kappa shape index (κ3) is 14.0. The van der Waals surface area contributed by atoms with Gasteiger partial charge in [-0.3, -0.25) is 0 Å². The summed E-state index contributed by atoms with van der Waals surface area (Å²) in [6, 6.07) is 49.2. The number of ether oxygens (including phenoxy) is 2. The number of hydrogen-bond acceptors (Lipinski definition) is 4. The average molecular weight is 1250 g/mol. The molecule has 8 aromatic carbocycles. The van der Waals surface area contributed by atoms with Crippen LogP contribution in [0.5, 0.6) is 23.0 Å². The summed E-state index contributed by atoms with van der Waals surface area (Å²) in [7, 11) is 0. The van der Waals surface area contributed by atoms with E-state index in [-0.39, 0.29) is 67.0 Å². The highest BCUT2D eigenvalue weighted by atomic mass is 16.5. The van der Waals surface area contributed by atoms with Gasteiger partial charge in [-0.05, 0) is 214 Å². The van der Waals surface area contributed by atoms with Crippen LogP contribution in [-0.2, 0) is 32.5 Å². The molecule has 0 saturated heterocycles. The summed E-state index contributed by atoms with van der Waals surface area (Å²) in [5, 5.41) is 31.2. The quantitative estimate of drug-likeness (QED) is 0.114. The summed E-state index contributed by atoms with van der Waals surface area (Å²) in [5.74, 6) is 1.79. The van der Waals surface area contributed by atoms with Crippen LogP contribution in [0.4, 0.5) is 0 Å². The molecule has 0 bridgehead atoms. The largest absolute Gasteiger partial charge is 0.505 e. The van der Waals surface area contributed by atoms with Crippen LogP contribution in [0.15, 0.2) is 133 Å². The molecular weight excluding hydrogens is 1140 g/mol. The Hall–Kier alpha value is -7.44. The van der Waals surface area contributed by atoms with Gasteiger partial charge in [0, 0.05) is 50.2 Å². The number of aromatic nitrogens is 2. The van der Waals surface area contributed by atoms with Crippen molar-refractivity contribution >= 4 is 43.6 Å². The second kappa shape index (κ2) is 23.8. The van der Waals surface area contributed by atoms with E-state index < -0.39 is 0 Å². The molecule has 0 radical (unpaired) electrons. The molecule has 0 aliphatic carbocycles. The van der Waals surface area contributed by atoms with Crippen molar-refractivity contribution in [2.75, 3.05) is 0 Å². The molecule has 93 heavy (non-hydrogen) atoms. The fraction of sp³-hybridized carbons (Fsp3) is 0.448. The van der Waals surface area contributed by atoms with E-state index in [9.17, 15) is 10.2 Å². The topological polar surface area (TPSA) is 68.8 Å². The Labute approximate surface area is 558 Å². The Morgan fingerprint density at radius 3 is 0.871 bits per heavy atom. The van der Waals surface area contributed by atoms with E-state index in [1.54, 1.807) is 0 Å². The normalized spacial score (nSPS) is 14.0. The molecule has 2 aromatic heterocycles. The standard InChI is InChI=1S/C87H110N2O4/c1-52-27-37-76(66(39-52)68-46-60(86(23,24)50-80(5,6)7)48-74(78(68)90)88-70-33-29-56(82(11,12)13)42-62(70)63-43-57(83(14,15)16)30-34-71(63)88)92-54(3)41-55(4)93-77-38-28-53(2)40-67(77)69-47-61(87(25,26)51-81(8,9)10)49-75(79(69)91)89-72-35-31-58(84(17,18)19)44-64(72)65-45-59(85(20,21)22)32-36-73(65)89/h27-40,42-49,54-55,90-91H,41,50-51H2,1-26H3/t54-,55+. The van der Waals surface area contributed by atoms with Gasteiger partial charge in [0.15, 0.2) is 0 Å². The lowest BCUT2D eigenvalue weighted by molar-refractivity contribution is 0.131. The van der Waals surface area contributed by atoms with E-state index in [0.29, 0.717) is 17.9 Å². The Morgan fingerprint density at radius 2 is 0.613 bits per heavy atom. The minimum atomic E-state index is -0.307. The molecular formula is C87H110N2O4. The molecule has 6 heteroatoms. The zero-order valence-electron chi connectivity index (χ0n) is 61.6. The van der Waals surface area contributed by atoms with Crippen molar-refractivity contribution < 1.29 is 19.7 Å². The van der Waals surface area contributed by atoms with Crippen LogP contribution >= 0.6 is 0 Å². The molecule has 0 fully saturated rings. The molecule has 0 amide bonds. The van der Waals surface area contributed by atoms with Crippen LogP contribution in [0.25, 0.3) is 77.2 Å². The first-order chi connectivity index (χ1) is 42.8. The summed E-state index contributed by atoms with van der Waals surface area (Å²) in [4.78, 5) is 0. The molecule has 10 aromatic rings. The lowest BCUT2D eigenvalue weighted by atomic mass is 9.71. The monoisotopic (exact) mass is 1250 g/mol. The smallest absolute Gasteiger partial charge is 0.147 e. The van der Waals surface area contributed by atoms with Crippen molar-refractivity contribution in [2.45, 2.75) is 244 Å². The maximum absolute atomic E-state index is 13.3. The van der Waals surface area contributed by atoms with Gasteiger partial charge in [-0.15, -0.1) is 0 Å². The van der Waals surface area contributed by atoms with Crippen LogP contribution in [0.2, 0.25) is 0 Å². The van der Waals surface area contributed by atoms with Crippen molar-refractivity contribution in [2.24, 2.45) is 10.8 Å². The Bertz CT molecular complexity index is 4060. The van der Waals surface area contributed by atoms with Crippen LogP contribution in [0, 0.1) is 24.7 Å². The molecule has 0 spiro atoms. The van der Waals surface area contributed by atoms with Crippen molar-refractivity contribution in [3.8, 4) is 56.6 Å². The van der Waals surface area contributed by atoms with Crippen LogP contribution in [0.1, 0.15) is 230 Å². The van der Waals surface area contributed by atoms with Crippen molar-refractivity contribution in [3.63, 3.8) is 0 Å². The predicted octanol–water partition coefficient (Wildman–Crippen LogP) is 24.5. The summed E-state index contributed by atoms with van der Waals surface area (Å²) in [6.07, 6.45) is 1.79. The average Bonchev–Trinajstić information content (AvgIpc) is 1.61. The van der Waals surface area contributed by atoms with Crippen molar-refractivity contribution in [1.82, 2.24) is 9.13 Å². The predicted molar refractivity (Wildman–Crippen MR) is 399 cm³/mol. The number of phenolic OH excluding ortho intramolecular Hbond substituents is 2. The number of aryl methyl sites for hydroxylation is 2. The summed E-state index contributed by atoms with van der Waals surface area (Å²) in [5.41, 5.74) is 17.6. The zero-order chi connectivity index (χ0) is 68.4. The number of hydrogen-bond donors (Lipinski definition) is 2. The molecule has 2 atom stereocenters. The third-order valence-corrected chi connectivity index (χ3v) is 19.3. The molecule has 492 valence electrons. The molecule has 2 N–H and O–H groups in total. The highest BCUT2D eigenvalue weighted by molar-refractivity contribution is 6.11. The van der Waals surface area contributed by atoms with Gasteiger partial charge < -0.3 is 28.8 Å². The first-order valence-electron chi connectivity index (χ1n) is 34.3. The number of nitrogens with zero attached hydrogens (tertiary/aromatic N) is 2. The van der Waals surface area contributed by atoms with Crippen LogP contribution in [-0.4, -0.2) is 31.6 Å². The van der Waals surface area contributed by atoms with Crippen molar-refractivity contribution in [3.05, 3.63) is 178 Å². The van der Waals surface area contributed by atoms with Gasteiger partial charge in [0.2, 0.25) is 0 Å². The molecule has 6 nitrogen and oxygen atoms in total. The Morgan fingerprint density at radius 1 is 0.333 bits per heavy atom. The van der Waals surface area contributed by atoms with E-state index in [1.807, 2.05) is 0 Å². The third-order valence-electron chi connectivity index (χ3n) is 19.3. The first kappa shape index (κ1) is 68.4. The second-order valence-electron chi connectivity index (χ2n) is 35.7. The Kier molecular flexibility index (Phi) is 17.5. The fourth-order valence-electron chi connectivity index (χ4n) is 15.0. The van der Waals surface area contributed by atoms with Gasteiger partial charge in [0.25, 0.3) is 0 Å². The fourth-order valence-corrected chi connectivity index (χ4v) is 15.0. The highest BCUT2D eigenvalue weighted by Gasteiger charge is 2.34. The van der Waals surface area contributed by atoms with Gasteiger partial charge in [-0.25, -0.2) is 0 Å². The number of phenols is 2. The van der Waals surface area contributed by atoms with Gasteiger partial charge in [0.05, 0.1) is 45.6 Å². The molecule has 0 aliphatic heterocycles.